The van der Waals surface area contributed by atoms with Gasteiger partial charge in [0.15, 0.2) is 0 Å². The van der Waals surface area contributed by atoms with Crippen LogP contribution >= 0.6 is 0 Å². The standard InChI is InChI=1S/C17H23N5O3/c1-24-11-12-25-14-8-4-3-7-13(14)15(23)18-16-19-17(21-20-16)22-9-5-2-6-10-22/h3-4,7-8H,2,5-6,9-12H2,1H3,(H2,18,19,20,21,23). The Kier molecular flexibility index (Phi) is 5.84. The number of piperidine rings is 1. The van der Waals surface area contributed by atoms with Crippen LogP contribution in [0.5, 0.6) is 5.75 Å². The van der Waals surface area contributed by atoms with Gasteiger partial charge < -0.3 is 14.4 Å². The van der Waals surface area contributed by atoms with Crippen LogP contribution in [-0.2, 0) is 4.74 Å². The van der Waals surface area contributed by atoms with E-state index in [-0.39, 0.29) is 5.91 Å². The van der Waals surface area contributed by atoms with Gasteiger partial charge >= 0.3 is 0 Å². The zero-order valence-corrected chi connectivity index (χ0v) is 14.3. The van der Waals surface area contributed by atoms with Crippen LogP contribution in [0.3, 0.4) is 0 Å². The molecule has 134 valence electrons. The molecule has 1 amide bonds. The van der Waals surface area contributed by atoms with Gasteiger partial charge in [0.2, 0.25) is 11.9 Å². The number of aromatic amines is 1. The van der Waals surface area contributed by atoms with E-state index in [9.17, 15) is 4.79 Å². The summed E-state index contributed by atoms with van der Waals surface area (Å²) >= 11 is 0. The summed E-state index contributed by atoms with van der Waals surface area (Å²) in [5, 5.41) is 9.72. The minimum atomic E-state index is -0.297. The van der Waals surface area contributed by atoms with Crippen molar-refractivity contribution in [3.05, 3.63) is 29.8 Å². The molecule has 2 N–H and O–H groups in total. The molecule has 1 fully saturated rings. The SMILES string of the molecule is COCCOc1ccccc1C(=O)Nc1nc(N2CCCCC2)n[nH]1. The van der Waals surface area contributed by atoms with Crippen LogP contribution in [0.15, 0.2) is 24.3 Å². The quantitative estimate of drug-likeness (QED) is 0.747. The molecule has 0 atom stereocenters. The fourth-order valence-electron chi connectivity index (χ4n) is 2.73. The summed E-state index contributed by atoms with van der Waals surface area (Å²) in [6, 6.07) is 7.07. The number of aromatic nitrogens is 3. The van der Waals surface area contributed by atoms with Gasteiger partial charge in [-0.15, -0.1) is 5.10 Å². The van der Waals surface area contributed by atoms with Crippen LogP contribution < -0.4 is 15.0 Å². The summed E-state index contributed by atoms with van der Waals surface area (Å²) in [5.41, 5.74) is 0.439. The van der Waals surface area contributed by atoms with Gasteiger partial charge in [-0.1, -0.05) is 12.1 Å². The molecule has 0 spiro atoms. The van der Waals surface area contributed by atoms with Gasteiger partial charge in [-0.2, -0.15) is 4.98 Å². The zero-order chi connectivity index (χ0) is 17.5. The molecule has 1 saturated heterocycles. The molecule has 0 bridgehead atoms. The Morgan fingerprint density at radius 2 is 2.04 bits per heavy atom. The van der Waals surface area contributed by atoms with E-state index in [1.54, 1.807) is 25.3 Å². The lowest BCUT2D eigenvalue weighted by Gasteiger charge is -2.24. The molecule has 0 unspecified atom stereocenters. The Bertz CT molecular complexity index is 697. The number of amides is 1. The van der Waals surface area contributed by atoms with Crippen molar-refractivity contribution in [2.75, 3.05) is 43.6 Å². The second-order valence-corrected chi connectivity index (χ2v) is 5.82. The van der Waals surface area contributed by atoms with Gasteiger partial charge in [0, 0.05) is 20.2 Å². The molecule has 2 heterocycles. The third kappa shape index (κ3) is 4.48. The molecule has 1 aliphatic rings. The number of H-pyrrole nitrogens is 1. The molecule has 2 aromatic rings. The number of benzene rings is 1. The average molecular weight is 345 g/mol. The van der Waals surface area contributed by atoms with Crippen LogP contribution in [-0.4, -0.2) is 54.5 Å². The maximum absolute atomic E-state index is 12.5. The monoisotopic (exact) mass is 345 g/mol. The third-order valence-corrected chi connectivity index (χ3v) is 4.02. The molecule has 1 aromatic heterocycles. The van der Waals surface area contributed by atoms with E-state index in [0.717, 1.165) is 25.9 Å². The highest BCUT2D eigenvalue weighted by Crippen LogP contribution is 2.20. The van der Waals surface area contributed by atoms with E-state index in [4.69, 9.17) is 9.47 Å². The van der Waals surface area contributed by atoms with Crippen molar-refractivity contribution in [1.82, 2.24) is 15.2 Å². The number of nitrogens with one attached hydrogen (secondary N) is 2. The first kappa shape index (κ1) is 17.2. The summed E-state index contributed by atoms with van der Waals surface area (Å²) in [4.78, 5) is 19.0. The number of anilines is 2. The van der Waals surface area contributed by atoms with Crippen LogP contribution in [0.1, 0.15) is 29.6 Å². The van der Waals surface area contributed by atoms with Crippen molar-refractivity contribution in [3.8, 4) is 5.75 Å². The van der Waals surface area contributed by atoms with Gasteiger partial charge in [-0.05, 0) is 31.4 Å². The van der Waals surface area contributed by atoms with Gasteiger partial charge in [-0.25, -0.2) is 5.10 Å². The van der Waals surface area contributed by atoms with E-state index in [1.165, 1.54) is 6.42 Å². The Morgan fingerprint density at radius 3 is 2.84 bits per heavy atom. The Balaban J connectivity index is 1.65. The van der Waals surface area contributed by atoms with Crippen LogP contribution in [0.2, 0.25) is 0 Å². The molecule has 25 heavy (non-hydrogen) atoms. The number of carbonyl (C=O) groups excluding carboxylic acids is 1. The Morgan fingerprint density at radius 1 is 1.24 bits per heavy atom. The predicted octanol–water partition coefficient (Wildman–Crippen LogP) is 2.07. The fourth-order valence-corrected chi connectivity index (χ4v) is 2.73. The van der Waals surface area contributed by atoms with Gasteiger partial charge in [-0.3, -0.25) is 10.1 Å². The van der Waals surface area contributed by atoms with Crippen molar-refractivity contribution in [1.29, 1.82) is 0 Å². The smallest absolute Gasteiger partial charge is 0.261 e. The molecule has 1 aliphatic heterocycles. The summed E-state index contributed by atoms with van der Waals surface area (Å²) in [5.74, 6) is 1.17. The normalized spacial score (nSPS) is 14.4. The van der Waals surface area contributed by atoms with Crippen LogP contribution in [0, 0.1) is 0 Å². The average Bonchev–Trinajstić information content (AvgIpc) is 3.11. The number of para-hydroxylation sites is 1. The van der Waals surface area contributed by atoms with Crippen molar-refractivity contribution in [3.63, 3.8) is 0 Å². The molecule has 8 nitrogen and oxygen atoms in total. The van der Waals surface area contributed by atoms with Crippen LogP contribution in [0.4, 0.5) is 11.9 Å². The minimum Gasteiger partial charge on any atom is -0.490 e. The maximum atomic E-state index is 12.5. The first-order valence-corrected chi connectivity index (χ1v) is 8.47. The van der Waals surface area contributed by atoms with E-state index in [2.05, 4.69) is 25.4 Å². The van der Waals surface area contributed by atoms with E-state index < -0.39 is 0 Å². The van der Waals surface area contributed by atoms with E-state index in [0.29, 0.717) is 36.4 Å². The molecule has 0 saturated carbocycles. The lowest BCUT2D eigenvalue weighted by molar-refractivity contribution is 0.101. The van der Waals surface area contributed by atoms with Crippen molar-refractivity contribution < 1.29 is 14.3 Å². The van der Waals surface area contributed by atoms with Gasteiger partial charge in [0.1, 0.15) is 12.4 Å². The summed E-state index contributed by atoms with van der Waals surface area (Å²) < 4.78 is 10.6. The van der Waals surface area contributed by atoms with Crippen molar-refractivity contribution >= 4 is 17.8 Å². The number of nitrogens with zero attached hydrogens (tertiary/aromatic N) is 3. The Hall–Kier alpha value is -2.61. The zero-order valence-electron chi connectivity index (χ0n) is 14.3. The summed E-state index contributed by atoms with van der Waals surface area (Å²) in [6.45, 7) is 2.72. The summed E-state index contributed by atoms with van der Waals surface area (Å²) in [7, 11) is 1.60. The third-order valence-electron chi connectivity index (χ3n) is 4.02. The summed E-state index contributed by atoms with van der Waals surface area (Å²) in [6.07, 6.45) is 3.52. The first-order chi connectivity index (χ1) is 12.3. The van der Waals surface area contributed by atoms with Crippen molar-refractivity contribution in [2.45, 2.75) is 19.3 Å². The second kappa shape index (κ2) is 8.48. The highest BCUT2D eigenvalue weighted by Gasteiger charge is 2.18. The Labute approximate surface area is 146 Å². The molecule has 0 aliphatic carbocycles. The highest BCUT2D eigenvalue weighted by atomic mass is 16.5. The molecule has 0 radical (unpaired) electrons. The van der Waals surface area contributed by atoms with Crippen molar-refractivity contribution in [2.24, 2.45) is 0 Å². The lowest BCUT2D eigenvalue weighted by atomic mass is 10.1. The number of hydrogen-bond acceptors (Lipinski definition) is 6. The predicted molar refractivity (Wildman–Crippen MR) is 94.2 cm³/mol. The van der Waals surface area contributed by atoms with Crippen LogP contribution in [0.25, 0.3) is 0 Å². The number of methoxy groups -OCH3 is 1. The van der Waals surface area contributed by atoms with Gasteiger partial charge in [0.25, 0.3) is 5.91 Å². The fraction of sp³-hybridized carbons (Fsp3) is 0.471. The number of ether oxygens (including phenoxy) is 2. The molecule has 1 aromatic carbocycles. The van der Waals surface area contributed by atoms with E-state index in [1.807, 2.05) is 6.07 Å². The number of carbonyl (C=O) groups is 1. The molecule has 8 heteroatoms. The molecular formula is C17H23N5O3. The number of hydrogen-bond donors (Lipinski definition) is 2. The molecule has 3 rings (SSSR count). The lowest BCUT2D eigenvalue weighted by Crippen LogP contribution is -2.30. The largest absolute Gasteiger partial charge is 0.490 e. The number of rotatable bonds is 7. The second-order valence-electron chi connectivity index (χ2n) is 5.82. The highest BCUT2D eigenvalue weighted by molar-refractivity contribution is 6.05. The minimum absolute atomic E-state index is 0.297. The first-order valence-electron chi connectivity index (χ1n) is 8.47. The van der Waals surface area contributed by atoms with E-state index >= 15 is 0 Å². The topological polar surface area (TPSA) is 92.4 Å². The molecular weight excluding hydrogens is 322 g/mol. The van der Waals surface area contributed by atoms with Gasteiger partial charge in [0.05, 0.1) is 12.2 Å². The maximum Gasteiger partial charge on any atom is 0.261 e.